The minimum Gasteiger partial charge on any atom is -0.311 e. The molecule has 6 atom stereocenters. The van der Waals surface area contributed by atoms with Crippen molar-refractivity contribution in [2.75, 3.05) is 0 Å². The Labute approximate surface area is 154 Å². The molecular formula is C18H30N2O6. The Bertz CT molecular complexity index is 470. The second-order valence-corrected chi connectivity index (χ2v) is 6.81. The molecule has 0 spiro atoms. The number of carbonyl (C=O) groups excluding carboxylic acids is 6. The summed E-state index contributed by atoms with van der Waals surface area (Å²) in [5.41, 5.74) is 0. The first kappa shape index (κ1) is 26.3. The molecule has 0 bridgehead atoms. The zero-order valence-corrected chi connectivity index (χ0v) is 16.3. The van der Waals surface area contributed by atoms with Gasteiger partial charge in [-0.3, -0.25) is 9.59 Å². The quantitative estimate of drug-likeness (QED) is 0.640. The van der Waals surface area contributed by atoms with E-state index in [1.165, 1.54) is 0 Å². The van der Waals surface area contributed by atoms with E-state index >= 15 is 0 Å². The second-order valence-electron chi connectivity index (χ2n) is 6.81. The SMILES string of the molecule is CC1CC(=O)CC(C)N1.CC1NC(C)C(C)C(=O)C1C.O=C=O.O=C=O. The highest BCUT2D eigenvalue weighted by Gasteiger charge is 2.34. The van der Waals surface area contributed by atoms with Crippen LogP contribution < -0.4 is 10.6 Å². The summed E-state index contributed by atoms with van der Waals surface area (Å²) in [5, 5.41) is 6.68. The topological polar surface area (TPSA) is 126 Å². The molecule has 26 heavy (non-hydrogen) atoms. The summed E-state index contributed by atoms with van der Waals surface area (Å²) in [7, 11) is 0. The minimum atomic E-state index is 0.182. The maximum atomic E-state index is 11.5. The number of nitrogens with one attached hydrogen (secondary N) is 2. The first-order valence-electron chi connectivity index (χ1n) is 8.61. The Morgan fingerprint density at radius 2 is 1.00 bits per heavy atom. The van der Waals surface area contributed by atoms with Crippen molar-refractivity contribution >= 4 is 23.9 Å². The molecule has 2 heterocycles. The van der Waals surface area contributed by atoms with Gasteiger partial charge in [-0.15, -0.1) is 0 Å². The number of hydrogen-bond acceptors (Lipinski definition) is 8. The van der Waals surface area contributed by atoms with Crippen LogP contribution in [0, 0.1) is 11.8 Å². The molecule has 0 aromatic heterocycles. The molecule has 2 rings (SSSR count). The van der Waals surface area contributed by atoms with Gasteiger partial charge in [0, 0.05) is 48.8 Å². The van der Waals surface area contributed by atoms with Crippen LogP contribution in [0.3, 0.4) is 0 Å². The lowest BCUT2D eigenvalue weighted by atomic mass is 9.82. The van der Waals surface area contributed by atoms with Crippen LogP contribution in [0.2, 0.25) is 0 Å². The monoisotopic (exact) mass is 370 g/mol. The van der Waals surface area contributed by atoms with Crippen LogP contribution >= 0.6 is 0 Å². The van der Waals surface area contributed by atoms with Crippen molar-refractivity contribution in [3.05, 3.63) is 0 Å². The number of piperidine rings is 2. The van der Waals surface area contributed by atoms with Gasteiger partial charge >= 0.3 is 12.3 Å². The van der Waals surface area contributed by atoms with Crippen LogP contribution in [0.4, 0.5) is 0 Å². The number of rotatable bonds is 0. The summed E-state index contributed by atoms with van der Waals surface area (Å²) < 4.78 is 0. The van der Waals surface area contributed by atoms with Crippen LogP contribution in [0.15, 0.2) is 0 Å². The van der Waals surface area contributed by atoms with Gasteiger partial charge in [-0.05, 0) is 27.7 Å². The summed E-state index contributed by atoms with van der Waals surface area (Å²) in [5.74, 6) is 1.17. The average molecular weight is 370 g/mol. The molecule has 0 amide bonds. The molecule has 8 nitrogen and oxygen atoms in total. The standard InChI is InChI=1S/C9H17NO.C7H13NO.2CO2/c1-5-7(3)10-8(4)6(2)9(5)11;1-5-3-7(9)4-6(2)8-5;2*2-1-3/h5-8,10H,1-4H3;5-6,8H,3-4H2,1-2H3;;. The van der Waals surface area contributed by atoms with Crippen LogP contribution in [0.25, 0.3) is 0 Å². The van der Waals surface area contributed by atoms with Gasteiger partial charge in [0.05, 0.1) is 0 Å². The van der Waals surface area contributed by atoms with Gasteiger partial charge in [0.2, 0.25) is 0 Å². The Kier molecular flexibility index (Phi) is 14.4. The summed E-state index contributed by atoms with van der Waals surface area (Å²) >= 11 is 0. The van der Waals surface area contributed by atoms with E-state index in [-0.39, 0.29) is 24.1 Å². The van der Waals surface area contributed by atoms with Crippen molar-refractivity contribution < 1.29 is 28.8 Å². The highest BCUT2D eigenvalue weighted by Crippen LogP contribution is 2.20. The summed E-state index contributed by atoms with van der Waals surface area (Å²) in [4.78, 5) is 54.8. The fourth-order valence-corrected chi connectivity index (χ4v) is 2.98. The van der Waals surface area contributed by atoms with Gasteiger partial charge in [-0.25, -0.2) is 0 Å². The fraction of sp³-hybridized carbons (Fsp3) is 0.778. The van der Waals surface area contributed by atoms with Crippen molar-refractivity contribution in [1.29, 1.82) is 0 Å². The van der Waals surface area contributed by atoms with Gasteiger partial charge in [0.15, 0.2) is 0 Å². The van der Waals surface area contributed by atoms with E-state index in [4.69, 9.17) is 19.2 Å². The van der Waals surface area contributed by atoms with E-state index in [1.807, 2.05) is 27.7 Å². The lowest BCUT2D eigenvalue weighted by Crippen LogP contribution is -2.53. The van der Waals surface area contributed by atoms with Crippen LogP contribution in [-0.4, -0.2) is 48.0 Å². The Morgan fingerprint density at radius 1 is 0.692 bits per heavy atom. The zero-order valence-electron chi connectivity index (χ0n) is 16.3. The maximum Gasteiger partial charge on any atom is 0.373 e. The average Bonchev–Trinajstić information content (AvgIpc) is 2.52. The predicted octanol–water partition coefficient (Wildman–Crippen LogP) is 0.757. The normalized spacial score (nSPS) is 32.8. The maximum absolute atomic E-state index is 11.5. The van der Waals surface area contributed by atoms with Gasteiger partial charge < -0.3 is 10.6 Å². The van der Waals surface area contributed by atoms with Gasteiger partial charge in [0.25, 0.3) is 0 Å². The van der Waals surface area contributed by atoms with Crippen molar-refractivity contribution in [3.63, 3.8) is 0 Å². The third-order valence-corrected chi connectivity index (χ3v) is 4.56. The lowest BCUT2D eigenvalue weighted by molar-refractivity contribution is -0.193. The number of carbonyl (C=O) groups is 2. The molecule has 2 aliphatic heterocycles. The van der Waals surface area contributed by atoms with E-state index in [0.717, 1.165) is 0 Å². The van der Waals surface area contributed by atoms with Crippen molar-refractivity contribution in [1.82, 2.24) is 10.6 Å². The van der Waals surface area contributed by atoms with E-state index < -0.39 is 0 Å². The highest BCUT2D eigenvalue weighted by molar-refractivity contribution is 5.84. The lowest BCUT2D eigenvalue weighted by Gasteiger charge is -2.35. The Hall–Kier alpha value is -1.98. The predicted molar refractivity (Wildman–Crippen MR) is 91.7 cm³/mol. The highest BCUT2D eigenvalue weighted by atomic mass is 16.2. The molecule has 6 unspecified atom stereocenters. The molecule has 8 heteroatoms. The number of ketones is 2. The van der Waals surface area contributed by atoms with E-state index in [1.54, 1.807) is 0 Å². The molecule has 148 valence electrons. The number of hydrogen-bond donors (Lipinski definition) is 2. The third kappa shape index (κ3) is 10.8. The molecule has 0 saturated carbocycles. The Balaban J connectivity index is 0. The van der Waals surface area contributed by atoms with Crippen LogP contribution in [0.1, 0.15) is 54.4 Å². The molecule has 0 aromatic rings. The molecule has 0 aliphatic carbocycles. The molecule has 2 aliphatic rings. The van der Waals surface area contributed by atoms with E-state index in [9.17, 15) is 9.59 Å². The molecular weight excluding hydrogens is 340 g/mol. The number of Topliss-reactive ketones (excluding diaryl/α,β-unsaturated/α-hetero) is 2. The first-order chi connectivity index (χ1) is 12.0. The zero-order chi connectivity index (χ0) is 20.9. The largest absolute Gasteiger partial charge is 0.373 e. The summed E-state index contributed by atoms with van der Waals surface area (Å²) in [6.07, 6.45) is 1.93. The van der Waals surface area contributed by atoms with Crippen molar-refractivity contribution in [3.8, 4) is 0 Å². The third-order valence-electron chi connectivity index (χ3n) is 4.56. The fourth-order valence-electron chi connectivity index (χ4n) is 2.98. The minimum absolute atomic E-state index is 0.182. The summed E-state index contributed by atoms with van der Waals surface area (Å²) in [6, 6.07) is 1.46. The first-order valence-corrected chi connectivity index (χ1v) is 8.61. The van der Waals surface area contributed by atoms with Gasteiger partial charge in [-0.2, -0.15) is 19.2 Å². The molecule has 2 N–H and O–H groups in total. The van der Waals surface area contributed by atoms with E-state index in [2.05, 4.69) is 24.5 Å². The van der Waals surface area contributed by atoms with Crippen LogP contribution in [0.5, 0.6) is 0 Å². The molecule has 2 saturated heterocycles. The molecule has 0 radical (unpaired) electrons. The van der Waals surface area contributed by atoms with Gasteiger partial charge in [-0.1, -0.05) is 13.8 Å². The summed E-state index contributed by atoms with van der Waals surface area (Å²) in [6.45, 7) is 12.3. The Morgan fingerprint density at radius 3 is 1.27 bits per heavy atom. The molecule has 0 aromatic carbocycles. The molecule has 2 fully saturated rings. The van der Waals surface area contributed by atoms with Crippen molar-refractivity contribution in [2.24, 2.45) is 11.8 Å². The van der Waals surface area contributed by atoms with Gasteiger partial charge in [0.1, 0.15) is 11.6 Å². The second kappa shape index (κ2) is 14.2. The van der Waals surface area contributed by atoms with E-state index in [0.29, 0.717) is 48.6 Å². The van der Waals surface area contributed by atoms with Crippen molar-refractivity contribution in [2.45, 2.75) is 78.6 Å². The van der Waals surface area contributed by atoms with Crippen LogP contribution in [-0.2, 0) is 28.8 Å². The smallest absolute Gasteiger partial charge is 0.311 e.